The van der Waals surface area contributed by atoms with Crippen molar-refractivity contribution in [2.45, 2.75) is 54.9 Å². The fourth-order valence-corrected chi connectivity index (χ4v) is 6.97. The van der Waals surface area contributed by atoms with Crippen LogP contribution in [-0.4, -0.2) is 97.1 Å². The summed E-state index contributed by atoms with van der Waals surface area (Å²) in [5.41, 5.74) is -2.01. The molecule has 2 aromatic rings. The lowest BCUT2D eigenvalue weighted by Gasteiger charge is -2.53. The minimum atomic E-state index is -2.58. The summed E-state index contributed by atoms with van der Waals surface area (Å²) in [6.07, 6.45) is -5.63. The first-order chi connectivity index (χ1) is 18.0. The molecule has 38 heavy (non-hydrogen) atoms. The second kappa shape index (κ2) is 8.13. The molecule has 0 radical (unpaired) electrons. The van der Waals surface area contributed by atoms with Gasteiger partial charge in [-0.3, -0.25) is 4.79 Å². The molecule has 2 fully saturated rings. The Labute approximate surface area is 220 Å². The average molecular weight is 555 g/mol. The van der Waals surface area contributed by atoms with E-state index in [4.69, 9.17) is 30.5 Å². The maximum atomic E-state index is 13.0. The molecule has 0 aromatic heterocycles. The molecule has 13 heteroatoms. The van der Waals surface area contributed by atoms with Crippen LogP contribution >= 0.6 is 11.6 Å². The number of hydrogen-bond donors (Lipinski definition) is 7. The standard InChI is InChI=1S/C25H27ClO12/c1-8-3-10-14(18(32)16-15(19(10)35-2)11(29)4-12(30)17(16)31)20-13(8)21-22-24(34,36-20)23(33,7-26)25(37-21,38-22)9(5-27)6-28/h3,9,11-12,21-22,27-30,32-34H,4-7H2,1-2H3/t11-,12-,21+,22+,23?,24-,25?/m0/s1. The maximum Gasteiger partial charge on any atom is 0.273 e. The van der Waals surface area contributed by atoms with Gasteiger partial charge in [-0.1, -0.05) is 0 Å². The molecule has 3 heterocycles. The van der Waals surface area contributed by atoms with Crippen LogP contribution in [0, 0.1) is 12.8 Å². The van der Waals surface area contributed by atoms with Crippen molar-refractivity contribution in [3.8, 4) is 17.2 Å². The molecule has 12 nitrogen and oxygen atoms in total. The molecule has 7 N–H and O–H groups in total. The lowest BCUT2D eigenvalue weighted by molar-refractivity contribution is -0.355. The van der Waals surface area contributed by atoms with E-state index in [0.717, 1.165) is 0 Å². The van der Waals surface area contributed by atoms with E-state index in [-0.39, 0.29) is 39.8 Å². The van der Waals surface area contributed by atoms with E-state index in [1.165, 1.54) is 7.11 Å². The smallest absolute Gasteiger partial charge is 0.273 e. The van der Waals surface area contributed by atoms with Crippen molar-refractivity contribution >= 4 is 28.2 Å². The number of aliphatic hydroxyl groups is 6. The maximum absolute atomic E-state index is 13.0. The number of halogens is 1. The molecule has 2 saturated heterocycles. The number of aromatic hydroxyl groups is 1. The van der Waals surface area contributed by atoms with Gasteiger partial charge in [-0.2, -0.15) is 0 Å². The monoisotopic (exact) mass is 554 g/mol. The van der Waals surface area contributed by atoms with E-state index in [9.17, 15) is 40.5 Å². The summed E-state index contributed by atoms with van der Waals surface area (Å²) in [4.78, 5) is 13.0. The van der Waals surface area contributed by atoms with Crippen LogP contribution in [0.3, 0.4) is 0 Å². The Bertz CT molecular complexity index is 1380. The zero-order chi connectivity index (χ0) is 27.5. The van der Waals surface area contributed by atoms with Crippen molar-refractivity contribution in [3.05, 3.63) is 28.3 Å². The van der Waals surface area contributed by atoms with Crippen molar-refractivity contribution < 1.29 is 59.5 Å². The van der Waals surface area contributed by atoms with Crippen LogP contribution in [0.1, 0.15) is 45.7 Å². The molecule has 3 aliphatic heterocycles. The van der Waals surface area contributed by atoms with Crippen LogP contribution in [-0.2, 0) is 9.47 Å². The van der Waals surface area contributed by atoms with Crippen molar-refractivity contribution in [2.75, 3.05) is 26.2 Å². The molecule has 7 atom stereocenters. The summed E-state index contributed by atoms with van der Waals surface area (Å²) in [6, 6.07) is 1.62. The fourth-order valence-electron chi connectivity index (χ4n) is 6.60. The minimum absolute atomic E-state index is 0.00801. The van der Waals surface area contributed by atoms with Gasteiger partial charge in [0.15, 0.2) is 11.9 Å². The first-order valence-corrected chi connectivity index (χ1v) is 12.6. The summed E-state index contributed by atoms with van der Waals surface area (Å²) < 4.78 is 23.8. The van der Waals surface area contributed by atoms with E-state index in [2.05, 4.69) is 0 Å². The summed E-state index contributed by atoms with van der Waals surface area (Å²) in [7, 11) is 1.32. The Balaban J connectivity index is 1.68. The number of ketones is 1. The number of rotatable bonds is 5. The highest BCUT2D eigenvalue weighted by molar-refractivity contribution is 6.19. The highest BCUT2D eigenvalue weighted by Crippen LogP contribution is 2.67. The van der Waals surface area contributed by atoms with E-state index < -0.39 is 78.1 Å². The number of aryl methyl sites for hydroxylation is 1. The summed E-state index contributed by atoms with van der Waals surface area (Å²) >= 11 is 6.14. The predicted octanol–water partition coefficient (Wildman–Crippen LogP) is -0.339. The third-order valence-corrected chi connectivity index (χ3v) is 8.83. The number of fused-ring (bicyclic) bond motifs is 6. The van der Waals surface area contributed by atoms with Gasteiger partial charge in [-0.15, -0.1) is 11.6 Å². The number of carbonyl (C=O) groups is 1. The largest absolute Gasteiger partial charge is 0.506 e. The van der Waals surface area contributed by atoms with Crippen LogP contribution in [0.2, 0.25) is 0 Å². The van der Waals surface area contributed by atoms with E-state index in [1.54, 1.807) is 13.0 Å². The van der Waals surface area contributed by atoms with Gasteiger partial charge < -0.3 is 54.7 Å². The quantitative estimate of drug-likeness (QED) is 0.238. The number of ether oxygens (including phenoxy) is 4. The second-order valence-corrected chi connectivity index (χ2v) is 10.5. The lowest BCUT2D eigenvalue weighted by atomic mass is 9.73. The SMILES string of the molecule is COc1c2c(c(O)c3c4c(c(C)cc13)[C@H]1OC3(C(CO)CO)O[C@H]1[C@](O)(O4)C3(O)CCl)C(=O)[C@@H](O)C[C@@H]2O. The molecule has 2 bridgehead atoms. The second-order valence-electron chi connectivity index (χ2n) is 10.3. The molecule has 0 spiro atoms. The Kier molecular flexibility index (Phi) is 5.56. The zero-order valence-corrected chi connectivity index (χ0v) is 21.1. The van der Waals surface area contributed by atoms with Crippen molar-refractivity contribution in [2.24, 2.45) is 5.92 Å². The summed E-state index contributed by atoms with van der Waals surface area (Å²) in [6.45, 7) is 0.343. The van der Waals surface area contributed by atoms with E-state index in [1.807, 2.05) is 0 Å². The first kappa shape index (κ1) is 26.0. The van der Waals surface area contributed by atoms with Crippen LogP contribution in [0.25, 0.3) is 10.8 Å². The molecular formula is C25H27ClO12. The van der Waals surface area contributed by atoms with Gasteiger partial charge in [0.1, 0.15) is 29.5 Å². The molecule has 6 rings (SSSR count). The Morgan fingerprint density at radius 2 is 1.84 bits per heavy atom. The van der Waals surface area contributed by atoms with Crippen LogP contribution in [0.15, 0.2) is 6.07 Å². The number of alkyl halides is 1. The normalized spacial score (nSPS) is 36.9. The molecule has 0 amide bonds. The van der Waals surface area contributed by atoms with Crippen LogP contribution in [0.5, 0.6) is 17.2 Å². The number of Topliss-reactive ketones (excluding diaryl/α,β-unsaturated/α-hetero) is 1. The number of methoxy groups -OCH3 is 1. The van der Waals surface area contributed by atoms with Gasteiger partial charge in [0.25, 0.3) is 5.79 Å². The number of carbonyl (C=O) groups excluding carboxylic acids is 1. The molecule has 1 aliphatic carbocycles. The fraction of sp³-hybridized carbons (Fsp3) is 0.560. The molecule has 4 aliphatic rings. The van der Waals surface area contributed by atoms with Gasteiger partial charge in [-0.05, 0) is 18.6 Å². The first-order valence-electron chi connectivity index (χ1n) is 12.0. The number of aliphatic hydroxyl groups excluding tert-OH is 4. The minimum Gasteiger partial charge on any atom is -0.506 e. The van der Waals surface area contributed by atoms with Gasteiger partial charge in [0.2, 0.25) is 11.4 Å². The molecule has 0 saturated carbocycles. The summed E-state index contributed by atoms with van der Waals surface area (Å²) in [5, 5.41) is 75.8. The molecule has 206 valence electrons. The Morgan fingerprint density at radius 1 is 1.16 bits per heavy atom. The zero-order valence-electron chi connectivity index (χ0n) is 20.3. The van der Waals surface area contributed by atoms with Gasteiger partial charge in [-0.25, -0.2) is 0 Å². The third kappa shape index (κ3) is 2.70. The van der Waals surface area contributed by atoms with Gasteiger partial charge in [0.05, 0.1) is 49.2 Å². The third-order valence-electron chi connectivity index (χ3n) is 8.44. The average Bonchev–Trinajstić information content (AvgIpc) is 3.37. The molecule has 2 aromatic carbocycles. The number of hydrogen-bond acceptors (Lipinski definition) is 12. The number of phenols is 1. The lowest BCUT2D eigenvalue weighted by Crippen LogP contribution is -2.75. The van der Waals surface area contributed by atoms with Crippen molar-refractivity contribution in [3.63, 3.8) is 0 Å². The molecule has 2 unspecified atom stereocenters. The predicted molar refractivity (Wildman–Crippen MR) is 127 cm³/mol. The summed E-state index contributed by atoms with van der Waals surface area (Å²) in [5.74, 6) is -8.17. The van der Waals surface area contributed by atoms with Crippen molar-refractivity contribution in [1.29, 1.82) is 0 Å². The Morgan fingerprint density at radius 3 is 2.45 bits per heavy atom. The van der Waals surface area contributed by atoms with Gasteiger partial charge in [0, 0.05) is 22.9 Å². The van der Waals surface area contributed by atoms with E-state index >= 15 is 0 Å². The Hall–Kier alpha value is -2.26. The van der Waals surface area contributed by atoms with Gasteiger partial charge >= 0.3 is 0 Å². The topological polar surface area (TPSA) is 196 Å². The molecular weight excluding hydrogens is 528 g/mol. The van der Waals surface area contributed by atoms with Crippen LogP contribution in [0.4, 0.5) is 0 Å². The number of phenolic OH excluding ortho intramolecular Hbond substituents is 1. The highest BCUT2D eigenvalue weighted by atomic mass is 35.5. The van der Waals surface area contributed by atoms with Crippen molar-refractivity contribution in [1.82, 2.24) is 0 Å². The highest BCUT2D eigenvalue weighted by Gasteiger charge is 2.85. The van der Waals surface area contributed by atoms with E-state index in [0.29, 0.717) is 11.1 Å². The van der Waals surface area contributed by atoms with Crippen LogP contribution < -0.4 is 9.47 Å². The number of benzene rings is 2.